The standard InChI is InChI=1S/C19H30Cl3NO2Si/c1-11(2)26(12(3)4,13(5)6)25-16-8-7-15-18(16)9-14(18)10-24-17(23-15)19(20,21)22/h7-8,11-16H,9-10H2,1-6H3/t14-,15+,16-,18+/m0/s1. The van der Waals surface area contributed by atoms with Crippen LogP contribution in [0.15, 0.2) is 17.1 Å². The Balaban J connectivity index is 1.91. The summed E-state index contributed by atoms with van der Waals surface area (Å²) < 4.78 is 11.2. The van der Waals surface area contributed by atoms with Crippen LogP contribution < -0.4 is 0 Å². The van der Waals surface area contributed by atoms with E-state index in [1.165, 1.54) is 0 Å². The van der Waals surface area contributed by atoms with E-state index in [-0.39, 0.29) is 23.5 Å². The number of halogens is 3. The molecule has 148 valence electrons. The second kappa shape index (κ2) is 6.95. The lowest BCUT2D eigenvalue weighted by atomic mass is 9.94. The first-order chi connectivity index (χ1) is 12.0. The van der Waals surface area contributed by atoms with Crippen molar-refractivity contribution in [3.05, 3.63) is 12.2 Å². The summed E-state index contributed by atoms with van der Waals surface area (Å²) in [7, 11) is -1.98. The van der Waals surface area contributed by atoms with Gasteiger partial charge < -0.3 is 9.16 Å². The third-order valence-corrected chi connectivity index (χ3v) is 13.3. The van der Waals surface area contributed by atoms with Crippen molar-refractivity contribution in [3.63, 3.8) is 0 Å². The lowest BCUT2D eigenvalue weighted by Gasteiger charge is -2.45. The molecule has 0 amide bonds. The number of rotatable bonds is 5. The maximum Gasteiger partial charge on any atom is 0.266 e. The van der Waals surface area contributed by atoms with Crippen LogP contribution in [-0.4, -0.2) is 36.8 Å². The minimum atomic E-state index is -1.98. The quantitative estimate of drug-likeness (QED) is 0.287. The zero-order valence-electron chi connectivity index (χ0n) is 16.4. The molecule has 3 aliphatic rings. The van der Waals surface area contributed by atoms with Crippen LogP contribution >= 0.6 is 34.8 Å². The Morgan fingerprint density at radius 1 is 1.12 bits per heavy atom. The first-order valence-corrected chi connectivity index (χ1v) is 12.9. The fourth-order valence-corrected chi connectivity index (χ4v) is 11.3. The molecule has 3 nitrogen and oxygen atoms in total. The first kappa shape index (κ1) is 21.0. The highest BCUT2D eigenvalue weighted by molar-refractivity contribution is 6.77. The summed E-state index contributed by atoms with van der Waals surface area (Å²) in [4.78, 5) is 4.68. The molecular formula is C19H30Cl3NO2Si. The van der Waals surface area contributed by atoms with E-state index < -0.39 is 12.1 Å². The fraction of sp³-hybridized carbons (Fsp3) is 0.842. The second-order valence-electron chi connectivity index (χ2n) is 8.94. The maximum atomic E-state index is 7.10. The van der Waals surface area contributed by atoms with Crippen molar-refractivity contribution in [2.24, 2.45) is 16.3 Å². The highest BCUT2D eigenvalue weighted by atomic mass is 35.6. The predicted molar refractivity (Wildman–Crippen MR) is 113 cm³/mol. The molecule has 0 aromatic rings. The van der Waals surface area contributed by atoms with Gasteiger partial charge in [-0.25, -0.2) is 4.99 Å². The number of hydrogen-bond acceptors (Lipinski definition) is 3. The normalized spacial score (nSPS) is 33.8. The zero-order valence-corrected chi connectivity index (χ0v) is 19.7. The zero-order chi connectivity index (χ0) is 19.5. The van der Waals surface area contributed by atoms with Crippen molar-refractivity contribution < 1.29 is 9.16 Å². The van der Waals surface area contributed by atoms with Crippen LogP contribution in [0.1, 0.15) is 48.0 Å². The van der Waals surface area contributed by atoms with E-state index in [1.54, 1.807) is 0 Å². The Hall–Kier alpha value is 0.257. The van der Waals surface area contributed by atoms with Crippen LogP contribution in [0.4, 0.5) is 0 Å². The molecule has 2 aliphatic carbocycles. The minimum Gasteiger partial charge on any atom is -0.478 e. The van der Waals surface area contributed by atoms with E-state index >= 15 is 0 Å². The van der Waals surface area contributed by atoms with E-state index in [0.29, 0.717) is 29.1 Å². The smallest absolute Gasteiger partial charge is 0.266 e. The fourth-order valence-electron chi connectivity index (χ4n) is 5.46. The molecule has 0 unspecified atom stereocenters. The molecule has 1 heterocycles. The third-order valence-electron chi connectivity index (χ3n) is 6.71. The summed E-state index contributed by atoms with van der Waals surface area (Å²) in [6.45, 7) is 14.5. The van der Waals surface area contributed by atoms with Gasteiger partial charge in [0.2, 0.25) is 14.2 Å². The maximum absolute atomic E-state index is 7.10. The summed E-state index contributed by atoms with van der Waals surface area (Å²) in [6.07, 6.45) is 5.49. The van der Waals surface area contributed by atoms with Crippen molar-refractivity contribution in [3.8, 4) is 0 Å². The Bertz CT molecular complexity index is 593. The SMILES string of the molecule is CC(C)[Si](O[C@H]1C=C[C@H]2N=C(C(Cl)(Cl)Cl)OC[C@@H]3C[C@]312)(C(C)C)C(C)C. The third kappa shape index (κ3) is 3.18. The van der Waals surface area contributed by atoms with Gasteiger partial charge in [0.1, 0.15) is 0 Å². The van der Waals surface area contributed by atoms with Gasteiger partial charge in [-0.2, -0.15) is 0 Å². The van der Waals surface area contributed by atoms with Crippen LogP contribution in [-0.2, 0) is 9.16 Å². The Morgan fingerprint density at radius 3 is 2.19 bits per heavy atom. The van der Waals surface area contributed by atoms with Gasteiger partial charge in [0.05, 0.1) is 18.8 Å². The first-order valence-electron chi connectivity index (χ1n) is 9.60. The molecule has 0 aromatic carbocycles. The molecule has 26 heavy (non-hydrogen) atoms. The molecule has 0 bridgehead atoms. The van der Waals surface area contributed by atoms with Crippen molar-refractivity contribution in [1.29, 1.82) is 0 Å². The highest BCUT2D eigenvalue weighted by Crippen LogP contribution is 2.65. The number of alkyl halides is 3. The molecule has 4 atom stereocenters. The molecule has 1 spiro atoms. The van der Waals surface area contributed by atoms with Gasteiger partial charge in [0, 0.05) is 11.3 Å². The molecule has 0 radical (unpaired) electrons. The van der Waals surface area contributed by atoms with Gasteiger partial charge in [0.15, 0.2) is 0 Å². The van der Waals surface area contributed by atoms with Gasteiger partial charge in [-0.3, -0.25) is 0 Å². The van der Waals surface area contributed by atoms with Gasteiger partial charge >= 0.3 is 0 Å². The van der Waals surface area contributed by atoms with Crippen LogP contribution in [0.25, 0.3) is 0 Å². The molecular weight excluding hydrogens is 409 g/mol. The van der Waals surface area contributed by atoms with E-state index in [2.05, 4.69) is 58.7 Å². The molecule has 0 aromatic heterocycles. The summed E-state index contributed by atoms with van der Waals surface area (Å²) in [6, 6.07) is -0.0242. The molecule has 7 heteroatoms. The summed E-state index contributed by atoms with van der Waals surface area (Å²) >= 11 is 18.1. The van der Waals surface area contributed by atoms with Gasteiger partial charge in [-0.1, -0.05) is 88.5 Å². The van der Waals surface area contributed by atoms with E-state index in [0.717, 1.165) is 6.42 Å². The van der Waals surface area contributed by atoms with Gasteiger partial charge in [-0.05, 0) is 23.0 Å². The van der Waals surface area contributed by atoms with Gasteiger partial charge in [0.25, 0.3) is 3.79 Å². The van der Waals surface area contributed by atoms with Crippen LogP contribution in [0.2, 0.25) is 16.6 Å². The van der Waals surface area contributed by atoms with Crippen molar-refractivity contribution >= 4 is 49.0 Å². The summed E-state index contributed by atoms with van der Waals surface area (Å²) in [5, 5.41) is 0. The molecule has 1 saturated carbocycles. The Kier molecular flexibility index (Phi) is 5.60. The minimum absolute atomic E-state index is 0.0193. The number of aliphatic imine (C=N–C) groups is 1. The van der Waals surface area contributed by atoms with Crippen LogP contribution in [0.5, 0.6) is 0 Å². The van der Waals surface area contributed by atoms with Gasteiger partial charge in [-0.15, -0.1) is 0 Å². The predicted octanol–water partition coefficient (Wildman–Crippen LogP) is 6.29. The number of ether oxygens (including phenoxy) is 1. The average molecular weight is 439 g/mol. The molecule has 3 rings (SSSR count). The van der Waals surface area contributed by atoms with Crippen LogP contribution in [0.3, 0.4) is 0 Å². The molecule has 1 aliphatic heterocycles. The Morgan fingerprint density at radius 2 is 1.69 bits per heavy atom. The molecule has 0 N–H and O–H groups in total. The van der Waals surface area contributed by atoms with E-state index in [9.17, 15) is 0 Å². The Labute approximate surface area is 173 Å². The number of nitrogens with zero attached hydrogens (tertiary/aromatic N) is 1. The topological polar surface area (TPSA) is 30.8 Å². The van der Waals surface area contributed by atoms with Crippen molar-refractivity contribution in [1.82, 2.24) is 0 Å². The van der Waals surface area contributed by atoms with E-state index in [4.69, 9.17) is 44.0 Å². The highest BCUT2D eigenvalue weighted by Gasteiger charge is 2.68. The lowest BCUT2D eigenvalue weighted by Crippen LogP contribution is -2.51. The van der Waals surface area contributed by atoms with Crippen molar-refractivity contribution in [2.45, 2.75) is 80.5 Å². The molecule has 1 fully saturated rings. The number of hydrogen-bond donors (Lipinski definition) is 0. The van der Waals surface area contributed by atoms with E-state index in [1.807, 2.05) is 0 Å². The monoisotopic (exact) mass is 437 g/mol. The lowest BCUT2D eigenvalue weighted by molar-refractivity contribution is 0.127. The summed E-state index contributed by atoms with van der Waals surface area (Å²) in [5.41, 5.74) is 1.62. The second-order valence-corrected chi connectivity index (χ2v) is 16.6. The van der Waals surface area contributed by atoms with Crippen molar-refractivity contribution in [2.75, 3.05) is 6.61 Å². The van der Waals surface area contributed by atoms with Crippen LogP contribution in [0, 0.1) is 11.3 Å². The average Bonchev–Trinajstić information content (AvgIpc) is 3.14. The molecule has 0 saturated heterocycles. The summed E-state index contributed by atoms with van der Waals surface area (Å²) in [5.74, 6) is 0.615. The largest absolute Gasteiger partial charge is 0.478 e.